The molecule has 3 aromatic rings. The highest BCUT2D eigenvalue weighted by Gasteiger charge is 2.47. The van der Waals surface area contributed by atoms with Gasteiger partial charge in [0.1, 0.15) is 6.04 Å². The number of carbonyl (C=O) groups excluding carboxylic acids is 2. The van der Waals surface area contributed by atoms with Gasteiger partial charge in [-0.1, -0.05) is 49.7 Å². The molecule has 1 unspecified atom stereocenters. The van der Waals surface area contributed by atoms with E-state index in [0.29, 0.717) is 11.6 Å². The van der Waals surface area contributed by atoms with E-state index >= 15 is 0 Å². The summed E-state index contributed by atoms with van der Waals surface area (Å²) in [4.78, 5) is 28.4. The summed E-state index contributed by atoms with van der Waals surface area (Å²) < 4.78 is 28.4. The minimum Gasteiger partial charge on any atom is -0.274 e. The van der Waals surface area contributed by atoms with Crippen LogP contribution in [0.25, 0.3) is 0 Å². The second-order valence-corrected chi connectivity index (χ2v) is 11.4. The predicted molar refractivity (Wildman–Crippen MR) is 130 cm³/mol. The third-order valence-electron chi connectivity index (χ3n) is 5.81. The highest BCUT2D eigenvalue weighted by molar-refractivity contribution is 7.89. The second-order valence-electron chi connectivity index (χ2n) is 8.48. The summed E-state index contributed by atoms with van der Waals surface area (Å²) in [6.45, 7) is 6.03. The van der Waals surface area contributed by atoms with Gasteiger partial charge in [-0.3, -0.25) is 9.59 Å². The molecule has 1 aromatic heterocycles. The summed E-state index contributed by atoms with van der Waals surface area (Å²) in [6, 6.07) is 16.3. The number of amides is 2. The standard InChI is InChI=1S/C25H26N2O4S2/c1-17(2)19-8-10-20(11-9-19)27-24(28)15-23(25(27)29)26(16-21-5-4-14-32-21)33(30,31)22-12-6-18(3)7-13-22/h4-14,17,23H,15-16H2,1-3H3. The first kappa shape index (κ1) is 23.4. The Hall–Kier alpha value is -2.81. The Morgan fingerprint density at radius 1 is 1.03 bits per heavy atom. The summed E-state index contributed by atoms with van der Waals surface area (Å²) in [6.07, 6.45) is -0.193. The zero-order valence-corrected chi connectivity index (χ0v) is 20.4. The van der Waals surface area contributed by atoms with Crippen molar-refractivity contribution in [1.82, 2.24) is 4.31 Å². The Morgan fingerprint density at radius 3 is 2.27 bits per heavy atom. The minimum atomic E-state index is -4.02. The fraction of sp³-hybridized carbons (Fsp3) is 0.280. The Bertz CT molecular complexity index is 1250. The van der Waals surface area contributed by atoms with Crippen LogP contribution in [0.5, 0.6) is 0 Å². The van der Waals surface area contributed by atoms with Crippen molar-refractivity contribution < 1.29 is 18.0 Å². The van der Waals surface area contributed by atoms with Gasteiger partial charge in [0.25, 0.3) is 5.91 Å². The molecule has 1 atom stereocenters. The van der Waals surface area contributed by atoms with Crippen molar-refractivity contribution in [3.8, 4) is 0 Å². The van der Waals surface area contributed by atoms with Gasteiger partial charge in [0, 0.05) is 11.4 Å². The van der Waals surface area contributed by atoms with Gasteiger partial charge in [0.05, 0.1) is 17.0 Å². The molecule has 33 heavy (non-hydrogen) atoms. The Morgan fingerprint density at radius 2 is 1.70 bits per heavy atom. The van der Waals surface area contributed by atoms with E-state index in [2.05, 4.69) is 13.8 Å². The molecule has 1 fully saturated rings. The van der Waals surface area contributed by atoms with Gasteiger partial charge in [-0.25, -0.2) is 13.3 Å². The molecule has 0 bridgehead atoms. The third-order valence-corrected chi connectivity index (χ3v) is 8.54. The number of carbonyl (C=O) groups is 2. The van der Waals surface area contributed by atoms with Crippen molar-refractivity contribution >= 4 is 38.9 Å². The molecule has 6 nitrogen and oxygen atoms in total. The van der Waals surface area contributed by atoms with Crippen LogP contribution in [0.15, 0.2) is 70.9 Å². The molecule has 0 radical (unpaired) electrons. The second kappa shape index (κ2) is 9.21. The first-order valence-corrected chi connectivity index (χ1v) is 13.1. The van der Waals surface area contributed by atoms with Crippen LogP contribution in [0.1, 0.15) is 42.2 Å². The molecule has 4 rings (SSSR count). The predicted octanol–water partition coefficient (Wildman–Crippen LogP) is 4.70. The van der Waals surface area contributed by atoms with Crippen LogP contribution in [0.4, 0.5) is 5.69 Å². The number of hydrogen-bond donors (Lipinski definition) is 0. The SMILES string of the molecule is Cc1ccc(S(=O)(=O)N(Cc2cccs2)C2CC(=O)N(c3ccc(C(C)C)cc3)C2=O)cc1. The normalized spacial score (nSPS) is 16.9. The van der Waals surface area contributed by atoms with Crippen molar-refractivity contribution in [2.75, 3.05) is 4.90 Å². The summed E-state index contributed by atoms with van der Waals surface area (Å²) in [5.41, 5.74) is 2.48. The van der Waals surface area contributed by atoms with Crippen LogP contribution in [-0.2, 0) is 26.2 Å². The number of anilines is 1. The molecule has 0 aliphatic carbocycles. The number of imide groups is 1. The van der Waals surface area contributed by atoms with E-state index in [0.717, 1.165) is 20.9 Å². The number of hydrogen-bond acceptors (Lipinski definition) is 5. The van der Waals surface area contributed by atoms with Crippen LogP contribution in [0.3, 0.4) is 0 Å². The molecule has 1 aliphatic heterocycles. The molecule has 1 saturated heterocycles. The first-order chi connectivity index (χ1) is 15.7. The number of aryl methyl sites for hydroxylation is 1. The average Bonchev–Trinajstić information content (AvgIpc) is 3.39. The zero-order valence-electron chi connectivity index (χ0n) is 18.8. The number of rotatable bonds is 7. The molecular formula is C25H26N2O4S2. The van der Waals surface area contributed by atoms with Crippen LogP contribution in [-0.4, -0.2) is 30.6 Å². The smallest absolute Gasteiger partial charge is 0.252 e. The zero-order chi connectivity index (χ0) is 23.8. The molecule has 8 heteroatoms. The lowest BCUT2D eigenvalue weighted by molar-refractivity contribution is -0.122. The van der Waals surface area contributed by atoms with Crippen LogP contribution in [0, 0.1) is 6.92 Å². The molecule has 0 spiro atoms. The van der Waals surface area contributed by atoms with E-state index < -0.39 is 27.9 Å². The Labute approximate surface area is 198 Å². The van der Waals surface area contributed by atoms with Crippen molar-refractivity contribution in [3.63, 3.8) is 0 Å². The Kier molecular flexibility index (Phi) is 6.52. The van der Waals surface area contributed by atoms with Gasteiger partial charge >= 0.3 is 0 Å². The maximum atomic E-state index is 13.6. The summed E-state index contributed by atoms with van der Waals surface area (Å²) >= 11 is 1.41. The van der Waals surface area contributed by atoms with Crippen molar-refractivity contribution in [3.05, 3.63) is 82.0 Å². The van der Waals surface area contributed by atoms with Gasteiger partial charge in [-0.15, -0.1) is 11.3 Å². The molecular weight excluding hydrogens is 456 g/mol. The molecule has 2 amide bonds. The Balaban J connectivity index is 1.70. The van der Waals surface area contributed by atoms with Gasteiger partial charge in [-0.05, 0) is 54.1 Å². The molecule has 0 saturated carbocycles. The quantitative estimate of drug-likeness (QED) is 0.458. The lowest BCUT2D eigenvalue weighted by atomic mass is 10.0. The topological polar surface area (TPSA) is 74.8 Å². The molecule has 172 valence electrons. The van der Waals surface area contributed by atoms with Gasteiger partial charge < -0.3 is 0 Å². The van der Waals surface area contributed by atoms with E-state index in [1.807, 2.05) is 36.6 Å². The van der Waals surface area contributed by atoms with Crippen LogP contribution < -0.4 is 4.90 Å². The number of sulfonamides is 1. The highest BCUT2D eigenvalue weighted by atomic mass is 32.2. The number of thiophene rings is 1. The molecule has 0 N–H and O–H groups in total. The van der Waals surface area contributed by atoms with Gasteiger partial charge in [0.15, 0.2) is 0 Å². The van der Waals surface area contributed by atoms with Gasteiger partial charge in [-0.2, -0.15) is 4.31 Å². The average molecular weight is 483 g/mol. The van der Waals surface area contributed by atoms with Gasteiger partial charge in [0.2, 0.25) is 15.9 Å². The monoisotopic (exact) mass is 482 g/mol. The summed E-state index contributed by atoms with van der Waals surface area (Å²) in [5, 5.41) is 1.86. The third kappa shape index (κ3) is 4.64. The highest BCUT2D eigenvalue weighted by Crippen LogP contribution is 2.32. The van der Waals surface area contributed by atoms with E-state index in [-0.39, 0.29) is 17.9 Å². The van der Waals surface area contributed by atoms with E-state index in [1.54, 1.807) is 24.3 Å². The fourth-order valence-electron chi connectivity index (χ4n) is 3.88. The summed E-state index contributed by atoms with van der Waals surface area (Å²) in [7, 11) is -4.02. The maximum Gasteiger partial charge on any atom is 0.252 e. The fourth-order valence-corrected chi connectivity index (χ4v) is 6.23. The van der Waals surface area contributed by atoms with E-state index in [4.69, 9.17) is 0 Å². The van der Waals surface area contributed by atoms with Crippen molar-refractivity contribution in [1.29, 1.82) is 0 Å². The number of nitrogens with zero attached hydrogens (tertiary/aromatic N) is 2. The van der Waals surface area contributed by atoms with Crippen molar-refractivity contribution in [2.24, 2.45) is 0 Å². The van der Waals surface area contributed by atoms with E-state index in [9.17, 15) is 18.0 Å². The maximum absolute atomic E-state index is 13.6. The largest absolute Gasteiger partial charge is 0.274 e. The molecule has 2 aromatic carbocycles. The first-order valence-electron chi connectivity index (χ1n) is 10.8. The minimum absolute atomic E-state index is 0.0255. The lowest BCUT2D eigenvalue weighted by Crippen LogP contribution is -2.44. The van der Waals surface area contributed by atoms with Crippen LogP contribution >= 0.6 is 11.3 Å². The molecule has 2 heterocycles. The lowest BCUT2D eigenvalue weighted by Gasteiger charge is -2.26. The van der Waals surface area contributed by atoms with E-state index in [1.165, 1.54) is 27.8 Å². The van der Waals surface area contributed by atoms with Crippen LogP contribution in [0.2, 0.25) is 0 Å². The van der Waals surface area contributed by atoms with Crippen molar-refractivity contribution in [2.45, 2.75) is 50.6 Å². The number of benzene rings is 2. The molecule has 1 aliphatic rings. The summed E-state index contributed by atoms with van der Waals surface area (Å²) in [5.74, 6) is -0.611.